The number of carbonyl (C=O) groups is 1. The van der Waals surface area contributed by atoms with Gasteiger partial charge in [0.1, 0.15) is 0 Å². The second-order valence-corrected chi connectivity index (χ2v) is 6.94. The Bertz CT molecular complexity index is 810. The van der Waals surface area contributed by atoms with Gasteiger partial charge in [-0.15, -0.1) is 0 Å². The Labute approximate surface area is 174 Å². The topological polar surface area (TPSA) is 66.0 Å². The SMILES string of the molecule is COc1ccc(CCNC(=O)CCc2cc(OC)c(OC)cc2Br)cc1OC. The van der Waals surface area contributed by atoms with Crippen LogP contribution in [0.5, 0.6) is 23.0 Å². The molecule has 0 aliphatic carbocycles. The molecule has 0 saturated heterocycles. The van der Waals surface area contributed by atoms with Crippen LogP contribution >= 0.6 is 15.9 Å². The molecule has 2 aromatic carbocycles. The minimum Gasteiger partial charge on any atom is -0.493 e. The fraction of sp³-hybridized carbons (Fsp3) is 0.381. The van der Waals surface area contributed by atoms with Crippen LogP contribution in [0, 0.1) is 0 Å². The minimum atomic E-state index is 0.00200. The standard InChI is InChI=1S/C21H26BrNO5/c1-25-17-7-5-14(11-18(17)26-2)9-10-23-21(24)8-6-15-12-19(27-3)20(28-4)13-16(15)22/h5,7,11-13H,6,8-10H2,1-4H3,(H,23,24). The third-order valence-corrected chi connectivity index (χ3v) is 5.10. The zero-order valence-corrected chi connectivity index (χ0v) is 18.2. The van der Waals surface area contributed by atoms with Gasteiger partial charge in [-0.05, 0) is 48.2 Å². The smallest absolute Gasteiger partial charge is 0.220 e. The van der Waals surface area contributed by atoms with Gasteiger partial charge in [-0.1, -0.05) is 22.0 Å². The fourth-order valence-electron chi connectivity index (χ4n) is 2.81. The molecule has 1 amide bonds. The zero-order valence-electron chi connectivity index (χ0n) is 16.6. The Hall–Kier alpha value is -2.41. The summed E-state index contributed by atoms with van der Waals surface area (Å²) in [6.45, 7) is 0.557. The average molecular weight is 452 g/mol. The molecule has 0 aromatic heterocycles. The van der Waals surface area contributed by atoms with Gasteiger partial charge >= 0.3 is 0 Å². The molecular formula is C21H26BrNO5. The first-order chi connectivity index (χ1) is 13.5. The Morgan fingerprint density at radius 2 is 1.46 bits per heavy atom. The summed E-state index contributed by atoms with van der Waals surface area (Å²) in [6, 6.07) is 9.49. The number of amides is 1. The van der Waals surface area contributed by atoms with Gasteiger partial charge in [0.2, 0.25) is 5.91 Å². The monoisotopic (exact) mass is 451 g/mol. The van der Waals surface area contributed by atoms with Crippen molar-refractivity contribution in [3.05, 3.63) is 45.9 Å². The summed E-state index contributed by atoms with van der Waals surface area (Å²) in [5.74, 6) is 2.68. The van der Waals surface area contributed by atoms with E-state index < -0.39 is 0 Å². The van der Waals surface area contributed by atoms with E-state index in [4.69, 9.17) is 18.9 Å². The fourth-order valence-corrected chi connectivity index (χ4v) is 3.33. The first-order valence-corrected chi connectivity index (χ1v) is 9.69. The second-order valence-electron chi connectivity index (χ2n) is 6.09. The normalized spacial score (nSPS) is 10.3. The molecule has 0 spiro atoms. The van der Waals surface area contributed by atoms with E-state index in [1.165, 1.54) is 0 Å². The van der Waals surface area contributed by atoms with Crippen LogP contribution in [-0.2, 0) is 17.6 Å². The molecule has 0 unspecified atom stereocenters. The van der Waals surface area contributed by atoms with Gasteiger partial charge in [-0.2, -0.15) is 0 Å². The largest absolute Gasteiger partial charge is 0.493 e. The second kappa shape index (κ2) is 10.8. The third kappa shape index (κ3) is 5.79. The highest BCUT2D eigenvalue weighted by Crippen LogP contribution is 2.33. The van der Waals surface area contributed by atoms with Crippen molar-refractivity contribution in [2.24, 2.45) is 0 Å². The van der Waals surface area contributed by atoms with E-state index in [0.717, 1.165) is 15.6 Å². The van der Waals surface area contributed by atoms with E-state index >= 15 is 0 Å². The van der Waals surface area contributed by atoms with Crippen molar-refractivity contribution in [1.29, 1.82) is 0 Å². The molecule has 0 aliphatic rings. The van der Waals surface area contributed by atoms with E-state index in [1.54, 1.807) is 28.4 Å². The van der Waals surface area contributed by atoms with Crippen LogP contribution in [0.15, 0.2) is 34.8 Å². The molecule has 0 aliphatic heterocycles. The Morgan fingerprint density at radius 1 is 0.857 bits per heavy atom. The lowest BCUT2D eigenvalue weighted by molar-refractivity contribution is -0.121. The summed E-state index contributed by atoms with van der Waals surface area (Å²) in [4.78, 5) is 12.2. The Morgan fingerprint density at radius 3 is 2.11 bits per heavy atom. The van der Waals surface area contributed by atoms with E-state index in [-0.39, 0.29) is 5.91 Å². The van der Waals surface area contributed by atoms with Gasteiger partial charge in [-0.3, -0.25) is 4.79 Å². The molecular weight excluding hydrogens is 426 g/mol. The van der Waals surface area contributed by atoms with Crippen molar-refractivity contribution in [3.8, 4) is 23.0 Å². The lowest BCUT2D eigenvalue weighted by Crippen LogP contribution is -2.25. The molecule has 7 heteroatoms. The quantitative estimate of drug-likeness (QED) is 0.595. The molecule has 0 heterocycles. The van der Waals surface area contributed by atoms with Gasteiger partial charge in [0.05, 0.1) is 28.4 Å². The summed E-state index contributed by atoms with van der Waals surface area (Å²) in [6.07, 6.45) is 1.70. The first kappa shape index (κ1) is 21.9. The third-order valence-electron chi connectivity index (χ3n) is 4.36. The van der Waals surface area contributed by atoms with E-state index in [0.29, 0.717) is 48.8 Å². The number of halogens is 1. The Balaban J connectivity index is 1.85. The van der Waals surface area contributed by atoms with Crippen molar-refractivity contribution in [1.82, 2.24) is 5.32 Å². The number of aryl methyl sites for hydroxylation is 1. The number of ether oxygens (including phenoxy) is 4. The lowest BCUT2D eigenvalue weighted by atomic mass is 10.1. The molecule has 0 saturated carbocycles. The van der Waals surface area contributed by atoms with Crippen molar-refractivity contribution < 1.29 is 23.7 Å². The molecule has 0 atom stereocenters. The molecule has 6 nitrogen and oxygen atoms in total. The summed E-state index contributed by atoms with van der Waals surface area (Å²) >= 11 is 3.52. The molecule has 0 bridgehead atoms. The van der Waals surface area contributed by atoms with E-state index in [1.807, 2.05) is 30.3 Å². The highest BCUT2D eigenvalue weighted by molar-refractivity contribution is 9.10. The van der Waals surface area contributed by atoms with Crippen LogP contribution < -0.4 is 24.3 Å². The summed E-state index contributed by atoms with van der Waals surface area (Å²) in [7, 11) is 6.40. The van der Waals surface area contributed by atoms with Crippen LogP contribution in [-0.4, -0.2) is 40.9 Å². The molecule has 152 valence electrons. The van der Waals surface area contributed by atoms with Crippen molar-refractivity contribution in [2.75, 3.05) is 35.0 Å². The average Bonchev–Trinajstić information content (AvgIpc) is 2.72. The number of benzene rings is 2. The predicted octanol–water partition coefficient (Wildman–Crippen LogP) is 3.78. The maximum Gasteiger partial charge on any atom is 0.220 e. The number of hydrogen-bond donors (Lipinski definition) is 1. The Kier molecular flexibility index (Phi) is 8.44. The molecule has 0 fully saturated rings. The highest BCUT2D eigenvalue weighted by atomic mass is 79.9. The number of hydrogen-bond acceptors (Lipinski definition) is 5. The predicted molar refractivity (Wildman–Crippen MR) is 112 cm³/mol. The van der Waals surface area contributed by atoms with Crippen molar-refractivity contribution >= 4 is 21.8 Å². The van der Waals surface area contributed by atoms with Gasteiger partial charge in [0, 0.05) is 17.4 Å². The maximum absolute atomic E-state index is 12.2. The van der Waals surface area contributed by atoms with Gasteiger partial charge in [0.25, 0.3) is 0 Å². The number of carbonyl (C=O) groups excluding carboxylic acids is 1. The van der Waals surface area contributed by atoms with Gasteiger partial charge < -0.3 is 24.3 Å². The van der Waals surface area contributed by atoms with Crippen LogP contribution in [0.1, 0.15) is 17.5 Å². The lowest BCUT2D eigenvalue weighted by Gasteiger charge is -2.12. The number of methoxy groups -OCH3 is 4. The summed E-state index contributed by atoms with van der Waals surface area (Å²) in [5.41, 5.74) is 2.06. The van der Waals surface area contributed by atoms with Crippen LogP contribution in [0.2, 0.25) is 0 Å². The molecule has 2 aromatic rings. The number of nitrogens with one attached hydrogen (secondary N) is 1. The molecule has 0 radical (unpaired) electrons. The van der Waals surface area contributed by atoms with E-state index in [2.05, 4.69) is 21.2 Å². The summed E-state index contributed by atoms with van der Waals surface area (Å²) < 4.78 is 22.0. The minimum absolute atomic E-state index is 0.00200. The number of rotatable bonds is 10. The molecule has 2 rings (SSSR count). The zero-order chi connectivity index (χ0) is 20.5. The van der Waals surface area contributed by atoms with E-state index in [9.17, 15) is 4.79 Å². The molecule has 1 N–H and O–H groups in total. The van der Waals surface area contributed by atoms with Crippen LogP contribution in [0.25, 0.3) is 0 Å². The summed E-state index contributed by atoms with van der Waals surface area (Å²) in [5, 5.41) is 2.96. The van der Waals surface area contributed by atoms with Crippen molar-refractivity contribution in [3.63, 3.8) is 0 Å². The molecule has 28 heavy (non-hydrogen) atoms. The maximum atomic E-state index is 12.2. The van der Waals surface area contributed by atoms with Gasteiger partial charge in [-0.25, -0.2) is 0 Å². The van der Waals surface area contributed by atoms with Crippen LogP contribution in [0.3, 0.4) is 0 Å². The highest BCUT2D eigenvalue weighted by Gasteiger charge is 2.11. The van der Waals surface area contributed by atoms with Crippen molar-refractivity contribution in [2.45, 2.75) is 19.3 Å². The van der Waals surface area contributed by atoms with Gasteiger partial charge in [0.15, 0.2) is 23.0 Å². The first-order valence-electron chi connectivity index (χ1n) is 8.90. The van der Waals surface area contributed by atoms with Crippen LogP contribution in [0.4, 0.5) is 0 Å².